The van der Waals surface area contributed by atoms with E-state index in [9.17, 15) is 13.0 Å². The Morgan fingerprint density at radius 1 is 1.38 bits per heavy atom. The Kier molecular flexibility index (Phi) is 16.0. The molecule has 0 aromatic carbocycles. The summed E-state index contributed by atoms with van der Waals surface area (Å²) in [6.45, 7) is 6.07. The summed E-state index contributed by atoms with van der Waals surface area (Å²) < 4.78 is 30.3. The van der Waals surface area contributed by atoms with E-state index in [4.69, 9.17) is 15.6 Å². The molecular formula is C7H21N3O5S. The summed E-state index contributed by atoms with van der Waals surface area (Å²) >= 11 is 0. The van der Waals surface area contributed by atoms with E-state index in [0.717, 1.165) is 6.08 Å². The van der Waals surface area contributed by atoms with Crippen LogP contribution in [0.25, 0.3) is 0 Å². The molecule has 10 N–H and O–H groups in total. The van der Waals surface area contributed by atoms with Gasteiger partial charge in [-0.05, 0) is 12.0 Å². The number of quaternary nitrogens is 2. The Labute approximate surface area is 95.4 Å². The van der Waals surface area contributed by atoms with Crippen LogP contribution in [0.3, 0.4) is 0 Å². The molecule has 0 aromatic heterocycles. The minimum Gasteiger partial charge on any atom is -0.747 e. The Morgan fingerprint density at radius 2 is 1.62 bits per heavy atom. The standard InChI is InChI=1S/C4H11NO3S.C3H4O2.2H3N/c1-3(2)4(5)9(6,7)8;1-2-3(4)5;;/h3-4H,5H2,1-2H3,(H,6,7,8);2H,1H2,(H,4,5);2*1H3. The predicted molar refractivity (Wildman–Crippen MR) is 59.7 cm³/mol. The van der Waals surface area contributed by atoms with Crippen molar-refractivity contribution in [2.75, 3.05) is 0 Å². The molecule has 0 aliphatic rings. The largest absolute Gasteiger partial charge is 0.747 e. The molecule has 8 nitrogen and oxygen atoms in total. The van der Waals surface area contributed by atoms with Crippen molar-refractivity contribution >= 4 is 16.1 Å². The first-order valence-corrected chi connectivity index (χ1v) is 5.13. The SMILES string of the molecule is C=CC(=O)[O-].CC(C)C(N)S(=O)(=O)[O-].[NH4+].[NH4+]. The minimum atomic E-state index is -4.27. The molecule has 0 saturated heterocycles. The van der Waals surface area contributed by atoms with Gasteiger partial charge in [-0.1, -0.05) is 20.4 Å². The van der Waals surface area contributed by atoms with Crippen LogP contribution < -0.4 is 23.1 Å². The second-order valence-electron chi connectivity index (χ2n) is 2.72. The topological polar surface area (TPSA) is 196 Å². The highest BCUT2D eigenvalue weighted by atomic mass is 32.2. The molecule has 0 heterocycles. The molecule has 100 valence electrons. The van der Waals surface area contributed by atoms with Gasteiger partial charge in [0.05, 0.1) is 11.3 Å². The van der Waals surface area contributed by atoms with Crippen molar-refractivity contribution in [3.05, 3.63) is 12.7 Å². The number of carbonyl (C=O) groups is 1. The number of nitrogens with two attached hydrogens (primary N) is 1. The van der Waals surface area contributed by atoms with Gasteiger partial charge in [0.25, 0.3) is 0 Å². The molecule has 0 spiro atoms. The van der Waals surface area contributed by atoms with Crippen molar-refractivity contribution in [2.24, 2.45) is 11.7 Å². The van der Waals surface area contributed by atoms with Crippen LogP contribution in [-0.4, -0.2) is 24.3 Å². The van der Waals surface area contributed by atoms with Gasteiger partial charge in [0, 0.05) is 0 Å². The number of aliphatic carboxylic acids is 1. The molecule has 1 unspecified atom stereocenters. The quantitative estimate of drug-likeness (QED) is 0.435. The minimum absolute atomic E-state index is 0. The van der Waals surface area contributed by atoms with E-state index >= 15 is 0 Å². The lowest BCUT2D eigenvalue weighted by Crippen LogP contribution is -2.35. The highest BCUT2D eigenvalue weighted by Gasteiger charge is 2.13. The molecule has 0 aromatic rings. The summed E-state index contributed by atoms with van der Waals surface area (Å²) in [5.74, 6) is -1.54. The van der Waals surface area contributed by atoms with Gasteiger partial charge in [0.2, 0.25) is 0 Å². The summed E-state index contributed by atoms with van der Waals surface area (Å²) in [5, 5.41) is 7.87. The molecule has 9 heteroatoms. The maximum atomic E-state index is 10.1. The number of carboxylic acids is 1. The Bertz CT molecular complexity index is 288. The fraction of sp³-hybridized carbons (Fsp3) is 0.571. The third-order valence-corrected chi connectivity index (χ3v) is 2.37. The lowest BCUT2D eigenvalue weighted by molar-refractivity contribution is -0.297. The van der Waals surface area contributed by atoms with E-state index in [-0.39, 0.29) is 18.2 Å². The van der Waals surface area contributed by atoms with Crippen LogP contribution >= 0.6 is 0 Å². The van der Waals surface area contributed by atoms with Crippen molar-refractivity contribution in [1.82, 2.24) is 12.3 Å². The molecule has 0 aliphatic carbocycles. The van der Waals surface area contributed by atoms with Gasteiger partial charge in [-0.3, -0.25) is 0 Å². The average molecular weight is 259 g/mol. The molecule has 0 fully saturated rings. The van der Waals surface area contributed by atoms with E-state index in [1.54, 1.807) is 13.8 Å². The molecular weight excluding hydrogens is 238 g/mol. The van der Waals surface area contributed by atoms with E-state index in [1.807, 2.05) is 0 Å². The van der Waals surface area contributed by atoms with Gasteiger partial charge in [-0.2, -0.15) is 0 Å². The van der Waals surface area contributed by atoms with Gasteiger partial charge in [-0.25, -0.2) is 8.42 Å². The highest BCUT2D eigenvalue weighted by molar-refractivity contribution is 7.86. The summed E-state index contributed by atoms with van der Waals surface area (Å²) in [5.41, 5.74) is 4.99. The Hall–Kier alpha value is -1.00. The maximum Gasteiger partial charge on any atom is 0.111 e. The van der Waals surface area contributed by atoms with E-state index < -0.39 is 21.5 Å². The first-order valence-electron chi connectivity index (χ1n) is 3.66. The zero-order valence-electron chi connectivity index (χ0n) is 9.97. The fourth-order valence-corrected chi connectivity index (χ4v) is 1.00. The molecule has 0 radical (unpaired) electrons. The van der Waals surface area contributed by atoms with Gasteiger partial charge in [-0.15, -0.1) is 0 Å². The highest BCUT2D eigenvalue weighted by Crippen LogP contribution is 2.03. The number of carboxylic acid groups (broad SMARTS) is 1. The average Bonchev–Trinajstić information content (AvgIpc) is 2.02. The van der Waals surface area contributed by atoms with Crippen molar-refractivity contribution in [3.63, 3.8) is 0 Å². The van der Waals surface area contributed by atoms with Crippen LogP contribution in [0.5, 0.6) is 0 Å². The molecule has 1 atom stereocenters. The number of carbonyl (C=O) groups excluding carboxylic acids is 1. The lowest BCUT2D eigenvalue weighted by Gasteiger charge is -2.18. The van der Waals surface area contributed by atoms with Crippen molar-refractivity contribution in [3.8, 4) is 0 Å². The summed E-state index contributed by atoms with van der Waals surface area (Å²) in [7, 11) is -4.27. The van der Waals surface area contributed by atoms with Gasteiger partial charge in [0.15, 0.2) is 0 Å². The van der Waals surface area contributed by atoms with E-state index in [1.165, 1.54) is 0 Å². The zero-order valence-corrected chi connectivity index (χ0v) is 10.8. The molecule has 0 aliphatic heterocycles. The lowest BCUT2D eigenvalue weighted by atomic mass is 10.2. The molecule has 16 heavy (non-hydrogen) atoms. The maximum absolute atomic E-state index is 10.1. The fourth-order valence-electron chi connectivity index (χ4n) is 0.333. The zero-order chi connectivity index (χ0) is 11.9. The van der Waals surface area contributed by atoms with E-state index in [0.29, 0.717) is 0 Å². The molecule has 0 saturated carbocycles. The van der Waals surface area contributed by atoms with Crippen LogP contribution in [0.4, 0.5) is 0 Å². The number of rotatable bonds is 3. The van der Waals surface area contributed by atoms with Crippen LogP contribution in [0.1, 0.15) is 13.8 Å². The van der Waals surface area contributed by atoms with Gasteiger partial charge in [0.1, 0.15) is 10.1 Å². The third-order valence-electron chi connectivity index (χ3n) is 1.16. The van der Waals surface area contributed by atoms with Crippen LogP contribution in [0.2, 0.25) is 0 Å². The van der Waals surface area contributed by atoms with Crippen LogP contribution in [-0.2, 0) is 14.9 Å². The summed E-state index contributed by atoms with van der Waals surface area (Å²) in [4.78, 5) is 9.14. The van der Waals surface area contributed by atoms with E-state index in [2.05, 4.69) is 6.58 Å². The summed E-state index contributed by atoms with van der Waals surface area (Å²) in [6, 6.07) is 0. The van der Waals surface area contributed by atoms with Gasteiger partial charge >= 0.3 is 0 Å². The Morgan fingerprint density at radius 3 is 1.62 bits per heavy atom. The first-order chi connectivity index (χ1) is 6.12. The molecule has 0 bridgehead atoms. The third kappa shape index (κ3) is 15.5. The first kappa shape index (κ1) is 24.3. The number of hydrogen-bond donors (Lipinski definition) is 3. The van der Waals surface area contributed by atoms with Crippen molar-refractivity contribution in [1.29, 1.82) is 0 Å². The second-order valence-corrected chi connectivity index (χ2v) is 4.25. The normalized spacial score (nSPS) is 11.1. The second kappa shape index (κ2) is 10.5. The summed E-state index contributed by atoms with van der Waals surface area (Å²) in [6.07, 6.45) is 0.722. The monoisotopic (exact) mass is 259 g/mol. The van der Waals surface area contributed by atoms with Crippen LogP contribution in [0, 0.1) is 5.92 Å². The van der Waals surface area contributed by atoms with Gasteiger partial charge < -0.3 is 32.5 Å². The predicted octanol–water partition coefficient (Wildman–Crippen LogP) is -0.853. The number of hydrogen-bond acceptors (Lipinski definition) is 6. The smallest absolute Gasteiger partial charge is 0.111 e. The van der Waals surface area contributed by atoms with Crippen LogP contribution in [0.15, 0.2) is 12.7 Å². The van der Waals surface area contributed by atoms with Crippen molar-refractivity contribution in [2.45, 2.75) is 19.2 Å². The molecule has 0 amide bonds. The van der Waals surface area contributed by atoms with Crippen molar-refractivity contribution < 1.29 is 22.9 Å². The molecule has 0 rings (SSSR count). The Balaban J connectivity index is -0.0000000904.